The Labute approximate surface area is 101 Å². The van der Waals surface area contributed by atoms with Crippen LogP contribution in [0.1, 0.15) is 0 Å². The van der Waals surface area contributed by atoms with Gasteiger partial charge in [-0.2, -0.15) is 0 Å². The van der Waals surface area contributed by atoms with Gasteiger partial charge in [0.05, 0.1) is 0 Å². The van der Waals surface area contributed by atoms with E-state index in [2.05, 4.69) is 20.6 Å². The minimum atomic E-state index is -1.69. The van der Waals surface area contributed by atoms with Gasteiger partial charge in [-0.25, -0.2) is 9.97 Å². The fraction of sp³-hybridized carbons (Fsp3) is 0.286. The second-order valence-corrected chi connectivity index (χ2v) is 4.84. The van der Waals surface area contributed by atoms with Crippen LogP contribution in [0.4, 0.5) is 5.95 Å². The Morgan fingerprint density at radius 1 is 1.33 bits per heavy atom. The zero-order valence-electron chi connectivity index (χ0n) is 7.32. The summed E-state index contributed by atoms with van der Waals surface area (Å²) in [5, 5.41) is 4.96. The van der Waals surface area contributed by atoms with Crippen molar-refractivity contribution in [2.24, 2.45) is 0 Å². The summed E-state index contributed by atoms with van der Waals surface area (Å²) in [5.74, 6) is 0.253. The molecule has 1 rings (SSSR count). The molecule has 0 fully saturated rings. The molecule has 1 aromatic rings. The Bertz CT molecular complexity index is 316. The summed E-state index contributed by atoms with van der Waals surface area (Å²) in [7, 11) is 0. The second-order valence-electron chi connectivity index (χ2n) is 2.48. The van der Waals surface area contributed by atoms with Gasteiger partial charge in [0.25, 0.3) is 0 Å². The van der Waals surface area contributed by atoms with E-state index in [9.17, 15) is 4.79 Å². The van der Waals surface area contributed by atoms with Gasteiger partial charge in [0.2, 0.25) is 16.2 Å². The van der Waals surface area contributed by atoms with Crippen molar-refractivity contribution in [2.75, 3.05) is 5.32 Å². The SMILES string of the molecule is O=CNC(Nc1ncccn1)C(Cl)(Cl)Cl. The topological polar surface area (TPSA) is 66.9 Å². The van der Waals surface area contributed by atoms with Crippen LogP contribution >= 0.6 is 34.8 Å². The van der Waals surface area contributed by atoms with Gasteiger partial charge in [-0.1, -0.05) is 34.8 Å². The van der Waals surface area contributed by atoms with Crippen LogP contribution in [-0.2, 0) is 4.79 Å². The number of hydrogen-bond donors (Lipinski definition) is 2. The van der Waals surface area contributed by atoms with Crippen molar-refractivity contribution in [3.05, 3.63) is 18.5 Å². The summed E-state index contributed by atoms with van der Waals surface area (Å²) in [6.45, 7) is 0. The van der Waals surface area contributed by atoms with Crippen LogP contribution in [0.5, 0.6) is 0 Å². The van der Waals surface area contributed by atoms with Gasteiger partial charge in [-0.3, -0.25) is 4.79 Å². The maximum Gasteiger partial charge on any atom is 0.228 e. The number of nitrogens with one attached hydrogen (secondary N) is 2. The number of carbonyl (C=O) groups excluding carboxylic acids is 1. The van der Waals surface area contributed by atoms with Crippen molar-refractivity contribution in [3.63, 3.8) is 0 Å². The van der Waals surface area contributed by atoms with Crippen LogP contribution in [0.25, 0.3) is 0 Å². The highest BCUT2D eigenvalue weighted by molar-refractivity contribution is 6.68. The molecule has 0 saturated heterocycles. The first-order valence-corrected chi connectivity index (χ1v) is 4.97. The number of hydrogen-bond acceptors (Lipinski definition) is 4. The molecule has 0 saturated carbocycles. The Morgan fingerprint density at radius 3 is 2.40 bits per heavy atom. The zero-order chi connectivity index (χ0) is 11.3. The molecule has 0 radical (unpaired) electrons. The first-order valence-electron chi connectivity index (χ1n) is 3.84. The average molecular weight is 270 g/mol. The van der Waals surface area contributed by atoms with E-state index in [1.807, 2.05) is 0 Å². The maximum atomic E-state index is 10.3. The zero-order valence-corrected chi connectivity index (χ0v) is 9.59. The molecule has 1 unspecified atom stereocenters. The van der Waals surface area contributed by atoms with Crippen molar-refractivity contribution in [3.8, 4) is 0 Å². The Hall–Kier alpha value is -0.780. The smallest absolute Gasteiger partial charge is 0.228 e. The number of alkyl halides is 3. The van der Waals surface area contributed by atoms with E-state index < -0.39 is 9.96 Å². The number of anilines is 1. The Balaban J connectivity index is 2.71. The van der Waals surface area contributed by atoms with E-state index in [-0.39, 0.29) is 5.95 Å². The van der Waals surface area contributed by atoms with Crippen molar-refractivity contribution in [1.29, 1.82) is 0 Å². The first kappa shape index (κ1) is 12.3. The molecule has 1 amide bonds. The molecule has 1 heterocycles. The summed E-state index contributed by atoms with van der Waals surface area (Å²) in [5.41, 5.74) is 0. The number of nitrogens with zero attached hydrogens (tertiary/aromatic N) is 2. The van der Waals surface area contributed by atoms with Gasteiger partial charge in [-0.05, 0) is 6.07 Å². The molecule has 2 N–H and O–H groups in total. The third-order valence-corrected chi connectivity index (χ3v) is 2.06. The molecular weight excluding hydrogens is 262 g/mol. The average Bonchev–Trinajstić information content (AvgIpc) is 2.17. The Kier molecular flexibility index (Phi) is 4.38. The number of halogens is 3. The van der Waals surface area contributed by atoms with Gasteiger partial charge in [0.15, 0.2) is 0 Å². The highest BCUT2D eigenvalue weighted by atomic mass is 35.6. The molecule has 1 atom stereocenters. The van der Waals surface area contributed by atoms with E-state index in [4.69, 9.17) is 34.8 Å². The van der Waals surface area contributed by atoms with Crippen LogP contribution < -0.4 is 10.6 Å². The lowest BCUT2D eigenvalue weighted by Crippen LogP contribution is -2.46. The van der Waals surface area contributed by atoms with Gasteiger partial charge in [0, 0.05) is 12.4 Å². The van der Waals surface area contributed by atoms with E-state index in [1.165, 1.54) is 12.4 Å². The molecule has 5 nitrogen and oxygen atoms in total. The lowest BCUT2D eigenvalue weighted by atomic mass is 10.5. The molecule has 8 heteroatoms. The van der Waals surface area contributed by atoms with E-state index in [0.717, 1.165) is 0 Å². The minimum absolute atomic E-state index is 0.253. The molecule has 0 aromatic carbocycles. The van der Waals surface area contributed by atoms with Crippen LogP contribution in [0.2, 0.25) is 0 Å². The highest BCUT2D eigenvalue weighted by Gasteiger charge is 2.32. The summed E-state index contributed by atoms with van der Waals surface area (Å²) in [6.07, 6.45) is 2.56. The fourth-order valence-corrected chi connectivity index (χ4v) is 1.14. The molecule has 0 aliphatic carbocycles. The highest BCUT2D eigenvalue weighted by Crippen LogP contribution is 2.30. The quantitative estimate of drug-likeness (QED) is 0.492. The first-order chi connectivity index (χ1) is 7.04. The molecule has 1 aromatic heterocycles. The molecule has 0 spiro atoms. The Morgan fingerprint density at radius 2 is 1.93 bits per heavy atom. The van der Waals surface area contributed by atoms with Crippen LogP contribution in [0, 0.1) is 0 Å². The van der Waals surface area contributed by atoms with Crippen LogP contribution in [0.3, 0.4) is 0 Å². The largest absolute Gasteiger partial charge is 0.335 e. The molecular formula is C7H7Cl3N4O. The second kappa shape index (κ2) is 5.34. The lowest BCUT2D eigenvalue weighted by Gasteiger charge is -2.24. The van der Waals surface area contributed by atoms with Gasteiger partial charge >= 0.3 is 0 Å². The number of aromatic nitrogens is 2. The van der Waals surface area contributed by atoms with E-state index in [0.29, 0.717) is 6.41 Å². The van der Waals surface area contributed by atoms with Crippen molar-refractivity contribution < 1.29 is 4.79 Å². The fourth-order valence-electron chi connectivity index (χ4n) is 0.789. The number of carbonyl (C=O) groups is 1. The van der Waals surface area contributed by atoms with E-state index >= 15 is 0 Å². The molecule has 0 aliphatic rings. The lowest BCUT2D eigenvalue weighted by molar-refractivity contribution is -0.110. The molecule has 15 heavy (non-hydrogen) atoms. The predicted octanol–water partition coefficient (Wildman–Crippen LogP) is 1.33. The third-order valence-electron chi connectivity index (χ3n) is 1.40. The van der Waals surface area contributed by atoms with Gasteiger partial charge in [0.1, 0.15) is 6.17 Å². The minimum Gasteiger partial charge on any atom is -0.335 e. The standard InChI is InChI=1S/C7H7Cl3N4O/c8-7(9,10)5(13-4-15)14-6-11-2-1-3-12-6/h1-5H,(H,13,15)(H,11,12,14). The number of amides is 1. The summed E-state index contributed by atoms with van der Waals surface area (Å²) >= 11 is 16.9. The monoisotopic (exact) mass is 268 g/mol. The number of rotatable bonds is 4. The summed E-state index contributed by atoms with van der Waals surface area (Å²) in [4.78, 5) is 18.0. The molecule has 0 bridgehead atoms. The van der Waals surface area contributed by atoms with E-state index in [1.54, 1.807) is 6.07 Å². The van der Waals surface area contributed by atoms with Gasteiger partial charge < -0.3 is 10.6 Å². The molecule has 0 aliphatic heterocycles. The normalized spacial score (nSPS) is 13.0. The van der Waals surface area contributed by atoms with Crippen LogP contribution in [0.15, 0.2) is 18.5 Å². The summed E-state index contributed by atoms with van der Waals surface area (Å²) in [6, 6.07) is 1.64. The van der Waals surface area contributed by atoms with Crippen molar-refractivity contribution >= 4 is 47.2 Å². The summed E-state index contributed by atoms with van der Waals surface area (Å²) < 4.78 is -1.69. The maximum absolute atomic E-state index is 10.3. The van der Waals surface area contributed by atoms with Crippen molar-refractivity contribution in [2.45, 2.75) is 9.96 Å². The predicted molar refractivity (Wildman–Crippen MR) is 58.9 cm³/mol. The van der Waals surface area contributed by atoms with Crippen LogP contribution in [-0.4, -0.2) is 26.3 Å². The third kappa shape index (κ3) is 4.07. The van der Waals surface area contributed by atoms with Gasteiger partial charge in [-0.15, -0.1) is 0 Å². The molecule has 82 valence electrons. The van der Waals surface area contributed by atoms with Crippen molar-refractivity contribution in [1.82, 2.24) is 15.3 Å².